The molecule has 1 fully saturated rings. The highest BCUT2D eigenvalue weighted by Crippen LogP contribution is 2.34. The third kappa shape index (κ3) is 5.21. The zero-order valence-corrected chi connectivity index (χ0v) is 19.8. The number of amidine groups is 1. The predicted molar refractivity (Wildman–Crippen MR) is 128 cm³/mol. The second-order valence-corrected chi connectivity index (χ2v) is 9.19. The number of carbonyl (C=O) groups excluding carboxylic acids is 1. The van der Waals surface area contributed by atoms with E-state index in [1.165, 1.54) is 5.56 Å². The van der Waals surface area contributed by atoms with E-state index in [1.807, 2.05) is 19.1 Å². The molecule has 3 N–H and O–H groups in total. The molecule has 1 aliphatic carbocycles. The van der Waals surface area contributed by atoms with Gasteiger partial charge in [0.2, 0.25) is 5.82 Å². The Bertz CT molecular complexity index is 1030. The molecular formula is C23H27BrN6O2. The number of hydrogen-bond acceptors (Lipinski definition) is 7. The van der Waals surface area contributed by atoms with E-state index < -0.39 is 0 Å². The normalized spacial score (nSPS) is 22.9. The van der Waals surface area contributed by atoms with Crippen molar-refractivity contribution in [3.05, 3.63) is 52.0 Å². The molecule has 9 heteroatoms. The molecule has 1 atom stereocenters. The maximum absolute atomic E-state index is 12.6. The van der Waals surface area contributed by atoms with Crippen molar-refractivity contribution < 1.29 is 9.53 Å². The smallest absolute Gasteiger partial charge is 0.293 e. The molecule has 8 nitrogen and oxygen atoms in total. The Labute approximate surface area is 195 Å². The number of halogens is 1. The van der Waals surface area contributed by atoms with Gasteiger partial charge in [-0.25, -0.2) is 15.0 Å². The number of aromatic nitrogens is 2. The van der Waals surface area contributed by atoms with Crippen molar-refractivity contribution in [1.82, 2.24) is 9.97 Å². The molecule has 1 aliphatic heterocycles. The van der Waals surface area contributed by atoms with Gasteiger partial charge in [0.05, 0.1) is 16.3 Å². The lowest BCUT2D eigenvalue weighted by Gasteiger charge is -2.28. The van der Waals surface area contributed by atoms with Gasteiger partial charge in [-0.2, -0.15) is 0 Å². The van der Waals surface area contributed by atoms with Gasteiger partial charge >= 0.3 is 0 Å². The number of nitrogens with zero attached hydrogens (tertiary/aromatic N) is 4. The van der Waals surface area contributed by atoms with Gasteiger partial charge in [-0.3, -0.25) is 9.79 Å². The number of methoxy groups -OCH3 is 1. The number of anilines is 1. The third-order valence-corrected chi connectivity index (χ3v) is 6.50. The summed E-state index contributed by atoms with van der Waals surface area (Å²) in [6, 6.07) is 5.91. The van der Waals surface area contributed by atoms with Crippen LogP contribution in [0.25, 0.3) is 0 Å². The second kappa shape index (κ2) is 9.87. The lowest BCUT2D eigenvalue weighted by molar-refractivity contribution is 0.0568. The fraction of sp³-hybridized carbons (Fsp3) is 0.435. The van der Waals surface area contributed by atoms with Gasteiger partial charge in [-0.15, -0.1) is 0 Å². The summed E-state index contributed by atoms with van der Waals surface area (Å²) >= 11 is 3.28. The van der Waals surface area contributed by atoms with E-state index in [0.717, 1.165) is 43.4 Å². The quantitative estimate of drug-likeness (QED) is 0.622. The van der Waals surface area contributed by atoms with Gasteiger partial charge in [-0.1, -0.05) is 6.07 Å². The molecule has 168 valence electrons. The molecule has 1 aromatic carbocycles. The van der Waals surface area contributed by atoms with Gasteiger partial charge < -0.3 is 15.8 Å². The maximum Gasteiger partial charge on any atom is 0.293 e. The van der Waals surface area contributed by atoms with E-state index in [-0.39, 0.29) is 17.9 Å². The molecule has 32 heavy (non-hydrogen) atoms. The van der Waals surface area contributed by atoms with Crippen molar-refractivity contribution >= 4 is 39.1 Å². The Morgan fingerprint density at radius 1 is 1.19 bits per heavy atom. The Morgan fingerprint density at radius 3 is 2.53 bits per heavy atom. The van der Waals surface area contributed by atoms with Crippen LogP contribution in [0, 0.1) is 5.92 Å². The highest BCUT2D eigenvalue weighted by Gasteiger charge is 2.25. The van der Waals surface area contributed by atoms with E-state index in [0.29, 0.717) is 28.0 Å². The van der Waals surface area contributed by atoms with Crippen LogP contribution in [-0.4, -0.2) is 40.6 Å². The van der Waals surface area contributed by atoms with Crippen LogP contribution in [0.15, 0.2) is 45.1 Å². The Balaban J connectivity index is 1.56. The summed E-state index contributed by atoms with van der Waals surface area (Å²) in [4.78, 5) is 29.9. The second-order valence-electron chi connectivity index (χ2n) is 8.28. The monoisotopic (exact) mass is 498 g/mol. The van der Waals surface area contributed by atoms with Crippen LogP contribution in [0.1, 0.15) is 60.5 Å². The third-order valence-electron chi connectivity index (χ3n) is 6.09. The van der Waals surface area contributed by atoms with Gasteiger partial charge in [0.15, 0.2) is 6.17 Å². The maximum atomic E-state index is 12.6. The number of carbonyl (C=O) groups is 1. The lowest BCUT2D eigenvalue weighted by Crippen LogP contribution is -2.22. The highest BCUT2D eigenvalue weighted by molar-refractivity contribution is 9.10. The Kier molecular flexibility index (Phi) is 6.95. The van der Waals surface area contributed by atoms with Crippen LogP contribution < -0.4 is 11.1 Å². The van der Waals surface area contributed by atoms with E-state index in [4.69, 9.17) is 10.5 Å². The van der Waals surface area contributed by atoms with Gasteiger partial charge in [0, 0.05) is 30.8 Å². The van der Waals surface area contributed by atoms with Crippen LogP contribution in [0.3, 0.4) is 0 Å². The minimum Gasteiger partial charge on any atom is -0.382 e. The van der Waals surface area contributed by atoms with Crippen molar-refractivity contribution in [3.63, 3.8) is 0 Å². The summed E-state index contributed by atoms with van der Waals surface area (Å²) in [5.74, 6) is 0.776. The number of rotatable bonds is 6. The fourth-order valence-corrected chi connectivity index (χ4v) is 4.45. The molecule has 1 unspecified atom stereocenters. The molecular weight excluding hydrogens is 472 g/mol. The number of benzene rings is 1. The molecule has 0 bridgehead atoms. The van der Waals surface area contributed by atoms with Gasteiger partial charge in [-0.05, 0) is 78.6 Å². The van der Waals surface area contributed by atoms with Crippen molar-refractivity contribution in [1.29, 1.82) is 0 Å². The molecule has 2 heterocycles. The van der Waals surface area contributed by atoms with E-state index in [1.54, 1.807) is 19.5 Å². The summed E-state index contributed by atoms with van der Waals surface area (Å²) in [6.07, 6.45) is 8.45. The molecule has 1 saturated carbocycles. The Hall–Kier alpha value is -2.65. The number of nitrogens with two attached hydrogens (primary N) is 1. The molecule has 1 amide bonds. The van der Waals surface area contributed by atoms with Gasteiger partial charge in [0.1, 0.15) is 5.84 Å². The van der Waals surface area contributed by atoms with Crippen molar-refractivity contribution in [2.75, 3.05) is 12.4 Å². The van der Waals surface area contributed by atoms with Crippen LogP contribution in [0.4, 0.5) is 5.69 Å². The van der Waals surface area contributed by atoms with E-state index in [9.17, 15) is 4.79 Å². The lowest BCUT2D eigenvalue weighted by atomic mass is 9.82. The van der Waals surface area contributed by atoms with Crippen molar-refractivity contribution in [2.24, 2.45) is 21.6 Å². The topological polar surface area (TPSA) is 115 Å². The largest absolute Gasteiger partial charge is 0.382 e. The minimum atomic E-state index is -0.388. The van der Waals surface area contributed by atoms with Crippen LogP contribution in [-0.2, 0) is 11.2 Å². The Morgan fingerprint density at radius 2 is 1.91 bits per heavy atom. The predicted octanol–water partition coefficient (Wildman–Crippen LogP) is 4.07. The fourth-order valence-electron chi connectivity index (χ4n) is 4.24. The SMILES string of the molecule is CO[C@H]1CC[C@@H](Cc2ccc(NC(=O)c3ncc(Br)cn3)cc2C2N=C(C)C(N)=N2)CC1. The zero-order chi connectivity index (χ0) is 22.7. The first-order chi connectivity index (χ1) is 15.4. The molecule has 1 aromatic heterocycles. The standard InChI is InChI=1S/C23H27BrN6O2/c1-13-20(25)30-21(28-13)19-10-17(29-23(31)22-26-11-16(24)12-27-22)6-5-15(19)9-14-3-7-18(32-2)8-4-14/h5-6,10-12,14,18,21H,3-4,7-9H2,1-2H3,(H2,25,30)(H,29,31)/t14-,18+,21?. The summed E-state index contributed by atoms with van der Waals surface area (Å²) in [5.41, 5.74) is 9.53. The molecule has 0 saturated heterocycles. The minimum absolute atomic E-state index is 0.103. The van der Waals surface area contributed by atoms with Crippen LogP contribution in [0.2, 0.25) is 0 Å². The van der Waals surface area contributed by atoms with E-state index >= 15 is 0 Å². The molecule has 4 rings (SSSR count). The number of amides is 1. The summed E-state index contributed by atoms with van der Waals surface area (Å²) in [5, 5.41) is 2.88. The number of hydrogen-bond donors (Lipinski definition) is 2. The first kappa shape index (κ1) is 22.5. The van der Waals surface area contributed by atoms with Crippen molar-refractivity contribution in [3.8, 4) is 0 Å². The first-order valence-corrected chi connectivity index (χ1v) is 11.5. The molecule has 2 aliphatic rings. The number of aliphatic imine (C=N–C) groups is 2. The molecule has 0 spiro atoms. The first-order valence-electron chi connectivity index (χ1n) is 10.8. The zero-order valence-electron chi connectivity index (χ0n) is 18.2. The summed E-state index contributed by atoms with van der Waals surface area (Å²) < 4.78 is 6.22. The van der Waals surface area contributed by atoms with Crippen LogP contribution in [0.5, 0.6) is 0 Å². The highest BCUT2D eigenvalue weighted by atomic mass is 79.9. The van der Waals surface area contributed by atoms with E-state index in [2.05, 4.69) is 47.3 Å². The summed E-state index contributed by atoms with van der Waals surface area (Å²) in [6.45, 7) is 1.86. The number of nitrogens with one attached hydrogen (secondary N) is 1. The number of ether oxygens (including phenoxy) is 1. The molecule has 2 aromatic rings. The summed E-state index contributed by atoms with van der Waals surface area (Å²) in [7, 11) is 1.79. The average molecular weight is 499 g/mol. The van der Waals surface area contributed by atoms with Crippen LogP contribution >= 0.6 is 15.9 Å². The van der Waals surface area contributed by atoms with Gasteiger partial charge in [0.25, 0.3) is 5.91 Å². The average Bonchev–Trinajstić information content (AvgIpc) is 3.13. The molecule has 0 radical (unpaired) electrons. The van der Waals surface area contributed by atoms with Crippen molar-refractivity contribution in [2.45, 2.75) is 51.3 Å².